The molecule has 0 spiro atoms. The van der Waals surface area contributed by atoms with Crippen LogP contribution in [0.2, 0.25) is 0 Å². The van der Waals surface area contributed by atoms with E-state index in [9.17, 15) is 15.0 Å². The molecule has 0 aromatic heterocycles. The van der Waals surface area contributed by atoms with Gasteiger partial charge in [0.1, 0.15) is 12.2 Å². The predicted octanol–water partition coefficient (Wildman–Crippen LogP) is 0.471. The molecule has 0 aliphatic carbocycles. The lowest BCUT2D eigenvalue weighted by atomic mass is 9.81. The van der Waals surface area contributed by atoms with Gasteiger partial charge in [-0.05, 0) is 45.7 Å². The SMILES string of the molecule is COC(C)C(O)(C(=O)OCC1=CCN2CCCC12)C(C)(C)O. The Morgan fingerprint density at radius 3 is 2.77 bits per heavy atom. The van der Waals surface area contributed by atoms with Crippen molar-refractivity contribution >= 4 is 5.97 Å². The van der Waals surface area contributed by atoms with E-state index >= 15 is 0 Å². The van der Waals surface area contributed by atoms with Gasteiger partial charge in [0.25, 0.3) is 0 Å². The zero-order chi connectivity index (χ0) is 16.5. The highest BCUT2D eigenvalue weighted by atomic mass is 16.6. The lowest BCUT2D eigenvalue weighted by Gasteiger charge is -2.39. The Morgan fingerprint density at radius 1 is 1.50 bits per heavy atom. The van der Waals surface area contributed by atoms with Gasteiger partial charge in [0.2, 0.25) is 5.60 Å². The third-order valence-electron chi connectivity index (χ3n) is 4.94. The van der Waals surface area contributed by atoms with Gasteiger partial charge in [-0.25, -0.2) is 4.79 Å². The van der Waals surface area contributed by atoms with Crippen LogP contribution in [0.1, 0.15) is 33.6 Å². The van der Waals surface area contributed by atoms with Gasteiger partial charge < -0.3 is 19.7 Å². The number of fused-ring (bicyclic) bond motifs is 1. The summed E-state index contributed by atoms with van der Waals surface area (Å²) in [6.07, 6.45) is 3.43. The molecule has 0 aromatic carbocycles. The fourth-order valence-electron chi connectivity index (χ4n) is 3.33. The molecule has 0 saturated carbocycles. The lowest BCUT2D eigenvalue weighted by molar-refractivity contribution is -0.216. The van der Waals surface area contributed by atoms with Crippen molar-refractivity contribution in [2.24, 2.45) is 0 Å². The molecule has 22 heavy (non-hydrogen) atoms. The van der Waals surface area contributed by atoms with Gasteiger partial charge in [-0.1, -0.05) is 6.08 Å². The Labute approximate surface area is 131 Å². The smallest absolute Gasteiger partial charge is 0.344 e. The summed E-state index contributed by atoms with van der Waals surface area (Å²) in [6, 6.07) is 0.350. The number of rotatable bonds is 6. The molecular weight excluding hydrogens is 286 g/mol. The summed E-state index contributed by atoms with van der Waals surface area (Å²) in [6.45, 7) is 6.39. The second kappa shape index (κ2) is 6.28. The molecule has 2 N–H and O–H groups in total. The van der Waals surface area contributed by atoms with Crippen LogP contribution in [0.25, 0.3) is 0 Å². The summed E-state index contributed by atoms with van der Waals surface area (Å²) >= 11 is 0. The van der Waals surface area contributed by atoms with Crippen LogP contribution in [0, 0.1) is 0 Å². The first-order valence-corrected chi connectivity index (χ1v) is 7.79. The molecular formula is C16H27NO5. The molecule has 0 bridgehead atoms. The maximum atomic E-state index is 12.4. The van der Waals surface area contributed by atoms with Crippen LogP contribution < -0.4 is 0 Å². The molecule has 3 atom stereocenters. The van der Waals surface area contributed by atoms with Crippen LogP contribution >= 0.6 is 0 Å². The zero-order valence-electron chi connectivity index (χ0n) is 13.8. The number of aliphatic hydroxyl groups is 2. The van der Waals surface area contributed by atoms with Gasteiger partial charge in [0.05, 0.1) is 6.10 Å². The van der Waals surface area contributed by atoms with E-state index in [1.807, 2.05) is 0 Å². The van der Waals surface area contributed by atoms with E-state index in [-0.39, 0.29) is 6.61 Å². The normalized spacial score (nSPS) is 26.3. The number of carbonyl (C=O) groups excluding carboxylic acids is 1. The van der Waals surface area contributed by atoms with Gasteiger partial charge in [0, 0.05) is 19.7 Å². The average Bonchev–Trinajstić information content (AvgIpc) is 3.05. The predicted molar refractivity (Wildman–Crippen MR) is 81.4 cm³/mol. The van der Waals surface area contributed by atoms with Crippen molar-refractivity contribution in [1.82, 2.24) is 4.90 Å². The lowest BCUT2D eigenvalue weighted by Crippen LogP contribution is -2.63. The van der Waals surface area contributed by atoms with Crippen LogP contribution in [0.5, 0.6) is 0 Å². The van der Waals surface area contributed by atoms with Crippen LogP contribution in [-0.2, 0) is 14.3 Å². The number of hydrogen-bond acceptors (Lipinski definition) is 6. The number of nitrogens with zero attached hydrogens (tertiary/aromatic N) is 1. The zero-order valence-corrected chi connectivity index (χ0v) is 13.8. The molecule has 1 saturated heterocycles. The molecule has 2 aliphatic rings. The molecule has 0 radical (unpaired) electrons. The second-order valence-corrected chi connectivity index (χ2v) is 6.71. The number of hydrogen-bond donors (Lipinski definition) is 2. The molecule has 6 heteroatoms. The highest BCUT2D eigenvalue weighted by molar-refractivity contribution is 5.82. The van der Waals surface area contributed by atoms with E-state index in [1.54, 1.807) is 0 Å². The highest BCUT2D eigenvalue weighted by Gasteiger charge is 2.55. The number of esters is 1. The van der Waals surface area contributed by atoms with Crippen LogP contribution in [0.3, 0.4) is 0 Å². The Morgan fingerprint density at radius 2 is 2.18 bits per heavy atom. The fourth-order valence-corrected chi connectivity index (χ4v) is 3.33. The van der Waals surface area contributed by atoms with Crippen molar-refractivity contribution in [3.8, 4) is 0 Å². The van der Waals surface area contributed by atoms with Crippen molar-refractivity contribution in [3.63, 3.8) is 0 Å². The maximum Gasteiger partial charge on any atom is 0.344 e. The molecule has 126 valence electrons. The molecule has 2 aliphatic heterocycles. The van der Waals surface area contributed by atoms with Gasteiger partial charge in [-0.15, -0.1) is 0 Å². The van der Waals surface area contributed by atoms with Crippen molar-refractivity contribution < 1.29 is 24.5 Å². The van der Waals surface area contributed by atoms with Gasteiger partial charge in [-0.2, -0.15) is 0 Å². The third-order valence-corrected chi connectivity index (χ3v) is 4.94. The number of ether oxygens (including phenoxy) is 2. The largest absolute Gasteiger partial charge is 0.459 e. The first-order valence-electron chi connectivity index (χ1n) is 7.79. The first kappa shape index (κ1) is 17.4. The summed E-state index contributed by atoms with van der Waals surface area (Å²) in [7, 11) is 1.38. The van der Waals surface area contributed by atoms with Crippen LogP contribution in [-0.4, -0.2) is 71.2 Å². The Hall–Kier alpha value is -0.950. The molecule has 3 unspecified atom stereocenters. The van der Waals surface area contributed by atoms with Gasteiger partial charge in [-0.3, -0.25) is 4.90 Å². The summed E-state index contributed by atoms with van der Waals surface area (Å²) in [5.41, 5.74) is -2.71. The Balaban J connectivity index is 2.03. The number of carbonyl (C=O) groups is 1. The minimum absolute atomic E-state index is 0.148. The quantitative estimate of drug-likeness (QED) is 0.548. The summed E-state index contributed by atoms with van der Waals surface area (Å²) in [5.74, 6) is -0.855. The van der Waals surface area contributed by atoms with Crippen LogP contribution in [0.4, 0.5) is 0 Å². The monoisotopic (exact) mass is 313 g/mol. The van der Waals surface area contributed by atoms with E-state index in [0.717, 1.165) is 31.5 Å². The summed E-state index contributed by atoms with van der Waals surface area (Å²) in [4.78, 5) is 14.8. The summed E-state index contributed by atoms with van der Waals surface area (Å²) < 4.78 is 10.4. The van der Waals surface area contributed by atoms with Crippen LogP contribution in [0.15, 0.2) is 11.6 Å². The minimum Gasteiger partial charge on any atom is -0.459 e. The van der Waals surface area contributed by atoms with E-state index in [1.165, 1.54) is 27.9 Å². The van der Waals surface area contributed by atoms with Crippen molar-refractivity contribution in [3.05, 3.63) is 11.6 Å². The molecule has 2 rings (SSSR count). The minimum atomic E-state index is -2.11. The van der Waals surface area contributed by atoms with E-state index in [0.29, 0.717) is 6.04 Å². The van der Waals surface area contributed by atoms with Crippen molar-refractivity contribution in [2.75, 3.05) is 26.8 Å². The Bertz CT molecular complexity index is 456. The fraction of sp³-hybridized carbons (Fsp3) is 0.812. The first-order chi connectivity index (χ1) is 10.2. The molecule has 6 nitrogen and oxygen atoms in total. The van der Waals surface area contributed by atoms with E-state index in [4.69, 9.17) is 9.47 Å². The maximum absolute atomic E-state index is 12.4. The standard InChI is InChI=1S/C16H27NO5/c1-11(21-4)16(20,15(2,3)19)14(18)22-10-12-7-9-17-8-5-6-13(12)17/h7,11,13,19-20H,5-6,8-10H2,1-4H3. The topological polar surface area (TPSA) is 79.2 Å². The molecule has 1 fully saturated rings. The highest BCUT2D eigenvalue weighted by Crippen LogP contribution is 2.31. The Kier molecular flexibility index (Phi) is 4.96. The average molecular weight is 313 g/mol. The third kappa shape index (κ3) is 2.93. The van der Waals surface area contributed by atoms with Gasteiger partial charge >= 0.3 is 5.97 Å². The van der Waals surface area contributed by atoms with Crippen molar-refractivity contribution in [1.29, 1.82) is 0 Å². The molecule has 0 amide bonds. The molecule has 0 aromatic rings. The number of methoxy groups -OCH3 is 1. The summed E-state index contributed by atoms with van der Waals surface area (Å²) in [5, 5.41) is 20.9. The van der Waals surface area contributed by atoms with E-state index in [2.05, 4.69) is 11.0 Å². The second-order valence-electron chi connectivity index (χ2n) is 6.71. The van der Waals surface area contributed by atoms with Gasteiger partial charge in [0.15, 0.2) is 0 Å². The van der Waals surface area contributed by atoms with E-state index < -0.39 is 23.3 Å². The molecule has 2 heterocycles. The van der Waals surface area contributed by atoms with Crippen molar-refractivity contribution in [2.45, 2.75) is 57.0 Å².